The highest BCUT2D eigenvalue weighted by Gasteiger charge is 2.37. The molecule has 0 atom stereocenters. The van der Waals surface area contributed by atoms with Crippen LogP contribution in [0.25, 0.3) is 0 Å². The maximum Gasteiger partial charge on any atom is 0.262 e. The zero-order valence-corrected chi connectivity index (χ0v) is 13.5. The molecule has 0 fully saturated rings. The number of hydrogen-bond donors (Lipinski definition) is 0. The first kappa shape index (κ1) is 13.5. The number of amides is 2. The molecule has 20 heavy (non-hydrogen) atoms. The van der Waals surface area contributed by atoms with Gasteiger partial charge in [-0.1, -0.05) is 12.1 Å². The average molecular weight is 350 g/mol. The van der Waals surface area contributed by atoms with Crippen LogP contribution in [0.4, 0.5) is 0 Å². The van der Waals surface area contributed by atoms with E-state index < -0.39 is 0 Å². The van der Waals surface area contributed by atoms with Gasteiger partial charge in [-0.25, -0.2) is 0 Å². The SMILES string of the molecule is Cc1ccc(C)c2c1C(=O)N(Cc1ccc(Br)s1)C2=O. The molecule has 1 aromatic heterocycles. The van der Waals surface area contributed by atoms with Gasteiger partial charge in [0.25, 0.3) is 11.8 Å². The Bertz CT molecular complexity index is 694. The fraction of sp³-hybridized carbons (Fsp3) is 0.200. The monoisotopic (exact) mass is 349 g/mol. The molecule has 3 rings (SSSR count). The van der Waals surface area contributed by atoms with Crippen molar-refractivity contribution in [2.45, 2.75) is 20.4 Å². The van der Waals surface area contributed by atoms with Gasteiger partial charge in [-0.05, 0) is 53.0 Å². The van der Waals surface area contributed by atoms with Gasteiger partial charge in [0.1, 0.15) is 0 Å². The van der Waals surface area contributed by atoms with Crippen LogP contribution >= 0.6 is 27.3 Å². The fourth-order valence-electron chi connectivity index (χ4n) is 2.46. The number of carbonyl (C=O) groups excluding carboxylic acids is 2. The highest BCUT2D eigenvalue weighted by atomic mass is 79.9. The summed E-state index contributed by atoms with van der Waals surface area (Å²) in [6.45, 7) is 4.07. The van der Waals surface area contributed by atoms with Crippen molar-refractivity contribution in [3.63, 3.8) is 0 Å². The number of thiophene rings is 1. The van der Waals surface area contributed by atoms with Crippen LogP contribution in [0.1, 0.15) is 36.7 Å². The Kier molecular flexibility index (Phi) is 3.26. The van der Waals surface area contributed by atoms with Crippen molar-refractivity contribution in [3.8, 4) is 0 Å². The molecule has 102 valence electrons. The zero-order chi connectivity index (χ0) is 14.4. The summed E-state index contributed by atoms with van der Waals surface area (Å²) in [5.41, 5.74) is 2.84. The van der Waals surface area contributed by atoms with E-state index in [1.54, 1.807) is 0 Å². The Morgan fingerprint density at radius 3 is 2.00 bits per heavy atom. The van der Waals surface area contributed by atoms with Gasteiger partial charge in [0.05, 0.1) is 21.5 Å². The largest absolute Gasteiger partial charge is 0.269 e. The molecule has 0 unspecified atom stereocenters. The lowest BCUT2D eigenvalue weighted by Crippen LogP contribution is -2.28. The lowest BCUT2D eigenvalue weighted by atomic mass is 9.99. The summed E-state index contributed by atoms with van der Waals surface area (Å²) in [4.78, 5) is 27.3. The molecule has 0 spiro atoms. The van der Waals surface area contributed by atoms with Crippen LogP contribution in [-0.2, 0) is 6.54 Å². The number of hydrogen-bond acceptors (Lipinski definition) is 3. The molecule has 1 aliphatic heterocycles. The number of nitrogens with zero attached hydrogens (tertiary/aromatic N) is 1. The van der Waals surface area contributed by atoms with E-state index in [0.717, 1.165) is 19.8 Å². The van der Waals surface area contributed by atoms with Crippen LogP contribution in [-0.4, -0.2) is 16.7 Å². The number of aryl methyl sites for hydroxylation is 2. The third kappa shape index (κ3) is 2.01. The summed E-state index contributed by atoms with van der Waals surface area (Å²) in [5.74, 6) is -0.369. The highest BCUT2D eigenvalue weighted by molar-refractivity contribution is 9.11. The molecule has 1 aromatic carbocycles. The normalized spacial score (nSPS) is 14.1. The van der Waals surface area contributed by atoms with Crippen LogP contribution in [0, 0.1) is 13.8 Å². The number of halogens is 1. The zero-order valence-electron chi connectivity index (χ0n) is 11.1. The molecule has 0 bridgehead atoms. The van der Waals surface area contributed by atoms with E-state index in [1.165, 1.54) is 16.2 Å². The lowest BCUT2D eigenvalue weighted by molar-refractivity contribution is 0.0643. The molecule has 0 N–H and O–H groups in total. The first-order valence-corrected chi connectivity index (χ1v) is 7.80. The molecule has 5 heteroatoms. The lowest BCUT2D eigenvalue weighted by Gasteiger charge is -2.12. The van der Waals surface area contributed by atoms with Gasteiger partial charge in [0.15, 0.2) is 0 Å². The van der Waals surface area contributed by atoms with Gasteiger partial charge in [-0.3, -0.25) is 14.5 Å². The van der Waals surface area contributed by atoms with E-state index >= 15 is 0 Å². The smallest absolute Gasteiger partial charge is 0.262 e. The van der Waals surface area contributed by atoms with Crippen molar-refractivity contribution in [2.24, 2.45) is 0 Å². The highest BCUT2D eigenvalue weighted by Crippen LogP contribution is 2.31. The molecule has 0 saturated heterocycles. The minimum atomic E-state index is -0.185. The van der Waals surface area contributed by atoms with Crippen LogP contribution in [0.5, 0.6) is 0 Å². The predicted octanol–water partition coefficient (Wildman–Crippen LogP) is 3.92. The fourth-order valence-corrected chi connectivity index (χ4v) is 3.93. The minimum Gasteiger partial charge on any atom is -0.269 e. The number of benzene rings is 1. The molecule has 0 radical (unpaired) electrons. The summed E-state index contributed by atoms with van der Waals surface area (Å²) >= 11 is 4.93. The Balaban J connectivity index is 2.01. The summed E-state index contributed by atoms with van der Waals surface area (Å²) < 4.78 is 0.997. The Morgan fingerprint density at radius 2 is 1.55 bits per heavy atom. The molecule has 3 nitrogen and oxygen atoms in total. The van der Waals surface area contributed by atoms with Crippen molar-refractivity contribution in [3.05, 3.63) is 55.2 Å². The van der Waals surface area contributed by atoms with E-state index in [9.17, 15) is 9.59 Å². The first-order chi connectivity index (χ1) is 9.49. The molecule has 0 saturated carbocycles. The summed E-state index contributed by atoms with van der Waals surface area (Å²) in [6.07, 6.45) is 0. The van der Waals surface area contributed by atoms with Crippen molar-refractivity contribution in [1.82, 2.24) is 4.90 Å². The van der Waals surface area contributed by atoms with E-state index in [4.69, 9.17) is 0 Å². The van der Waals surface area contributed by atoms with E-state index in [2.05, 4.69) is 15.9 Å². The van der Waals surface area contributed by atoms with Gasteiger partial charge in [0, 0.05) is 4.88 Å². The molecular formula is C15H12BrNO2S. The first-order valence-electron chi connectivity index (χ1n) is 6.19. The molecule has 2 heterocycles. The number of imide groups is 1. The summed E-state index contributed by atoms with van der Waals surface area (Å²) in [7, 11) is 0. The summed E-state index contributed by atoms with van der Waals surface area (Å²) in [6, 6.07) is 7.64. The molecular weight excluding hydrogens is 338 g/mol. The van der Waals surface area contributed by atoms with Gasteiger partial charge in [-0.2, -0.15) is 0 Å². The second kappa shape index (κ2) is 4.82. The van der Waals surface area contributed by atoms with Gasteiger partial charge in [-0.15, -0.1) is 11.3 Å². The van der Waals surface area contributed by atoms with Crippen molar-refractivity contribution in [2.75, 3.05) is 0 Å². The maximum absolute atomic E-state index is 12.5. The minimum absolute atomic E-state index is 0.185. The van der Waals surface area contributed by atoms with Crippen molar-refractivity contribution >= 4 is 39.1 Å². The molecule has 2 aromatic rings. The third-order valence-electron chi connectivity index (χ3n) is 3.48. The number of carbonyl (C=O) groups is 2. The van der Waals surface area contributed by atoms with E-state index in [-0.39, 0.29) is 11.8 Å². The van der Waals surface area contributed by atoms with Gasteiger partial charge in [0.2, 0.25) is 0 Å². The second-order valence-corrected chi connectivity index (χ2v) is 7.40. The van der Waals surface area contributed by atoms with E-state index in [0.29, 0.717) is 17.7 Å². The number of rotatable bonds is 2. The Hall–Kier alpha value is -1.46. The van der Waals surface area contributed by atoms with Crippen LogP contribution in [0.3, 0.4) is 0 Å². The molecule has 2 amide bonds. The maximum atomic E-state index is 12.5. The summed E-state index contributed by atoms with van der Waals surface area (Å²) in [5, 5.41) is 0. The second-order valence-electron chi connectivity index (χ2n) is 4.85. The topological polar surface area (TPSA) is 37.4 Å². The standard InChI is InChI=1S/C15H12BrNO2S/c1-8-3-4-9(2)13-12(8)14(18)17(15(13)19)7-10-5-6-11(16)20-10/h3-6H,7H2,1-2H3. The molecule has 1 aliphatic rings. The van der Waals surface area contributed by atoms with Crippen molar-refractivity contribution < 1.29 is 9.59 Å². The third-order valence-corrected chi connectivity index (χ3v) is 5.09. The molecule has 0 aliphatic carbocycles. The van der Waals surface area contributed by atoms with Crippen molar-refractivity contribution in [1.29, 1.82) is 0 Å². The quantitative estimate of drug-likeness (QED) is 0.770. The Morgan fingerprint density at radius 1 is 1.00 bits per heavy atom. The van der Waals surface area contributed by atoms with Crippen LogP contribution in [0.2, 0.25) is 0 Å². The predicted molar refractivity (Wildman–Crippen MR) is 82.1 cm³/mol. The van der Waals surface area contributed by atoms with Crippen LogP contribution < -0.4 is 0 Å². The Labute approximate surface area is 129 Å². The number of fused-ring (bicyclic) bond motifs is 1. The van der Waals surface area contributed by atoms with E-state index in [1.807, 2.05) is 38.1 Å². The van der Waals surface area contributed by atoms with Gasteiger partial charge >= 0.3 is 0 Å². The van der Waals surface area contributed by atoms with Crippen LogP contribution in [0.15, 0.2) is 28.1 Å². The van der Waals surface area contributed by atoms with Gasteiger partial charge < -0.3 is 0 Å². The average Bonchev–Trinajstić information content (AvgIpc) is 2.92.